The number of rotatable bonds is 2. The number of aromatic nitrogens is 3. The summed E-state index contributed by atoms with van der Waals surface area (Å²) in [6, 6.07) is 4.79. The molecule has 0 radical (unpaired) electrons. The van der Waals surface area contributed by atoms with E-state index < -0.39 is 0 Å². The maximum Gasteiger partial charge on any atom is 0.274 e. The Kier molecular flexibility index (Phi) is 4.29. The lowest BCUT2D eigenvalue weighted by atomic mass is 10.3. The molecule has 0 atom stereocenters. The van der Waals surface area contributed by atoms with Gasteiger partial charge >= 0.3 is 0 Å². The molecule has 0 fully saturated rings. The molecule has 2 rings (SSSR count). The molecule has 0 unspecified atom stereocenters. The van der Waals surface area contributed by atoms with Crippen molar-refractivity contribution in [3.63, 3.8) is 0 Å². The maximum absolute atomic E-state index is 5.91. The Morgan fingerprint density at radius 1 is 0.833 bits per heavy atom. The normalized spacial score (nSPS) is 11.1. The fourth-order valence-corrected chi connectivity index (χ4v) is 1.82. The van der Waals surface area contributed by atoms with Crippen LogP contribution in [0.5, 0.6) is 0 Å². The van der Waals surface area contributed by atoms with Crippen LogP contribution in [0.4, 0.5) is 11.6 Å². The number of hydrogen-bond acceptors (Lipinski definition) is 5. The molecule has 0 spiro atoms. The van der Waals surface area contributed by atoms with Crippen molar-refractivity contribution < 1.29 is 0 Å². The Balaban J connectivity index is 2.29. The molecule has 2 aromatic rings. The van der Waals surface area contributed by atoms with E-state index in [4.69, 9.17) is 46.4 Å². The van der Waals surface area contributed by atoms with Gasteiger partial charge in [-0.1, -0.05) is 23.2 Å². The fourth-order valence-electron chi connectivity index (χ4n) is 1.02. The third-order valence-electron chi connectivity index (χ3n) is 1.73. The van der Waals surface area contributed by atoms with Crippen LogP contribution in [-0.4, -0.2) is 15.0 Å². The molecule has 18 heavy (non-hydrogen) atoms. The molecule has 1 heterocycles. The molecule has 0 aliphatic heterocycles. The van der Waals surface area contributed by atoms with Gasteiger partial charge in [0, 0.05) is 5.02 Å². The van der Waals surface area contributed by atoms with Crippen LogP contribution < -0.4 is 0 Å². The number of nitrogens with zero attached hydrogens (tertiary/aromatic N) is 5. The van der Waals surface area contributed by atoms with E-state index >= 15 is 0 Å². The van der Waals surface area contributed by atoms with E-state index in [0.29, 0.717) is 15.7 Å². The molecule has 1 aromatic heterocycles. The van der Waals surface area contributed by atoms with Crippen LogP contribution in [0.15, 0.2) is 28.4 Å². The molecule has 0 saturated heterocycles. The topological polar surface area (TPSA) is 63.4 Å². The average Bonchev–Trinajstić information content (AvgIpc) is 2.26. The molecule has 0 aliphatic carbocycles. The predicted octanol–water partition coefficient (Wildman–Crippen LogP) is 4.90. The molecule has 0 amide bonds. The lowest BCUT2D eigenvalue weighted by Crippen LogP contribution is -1.87. The quantitative estimate of drug-likeness (QED) is 0.738. The van der Waals surface area contributed by atoms with Crippen LogP contribution in [-0.2, 0) is 0 Å². The minimum absolute atomic E-state index is 0.00832. The van der Waals surface area contributed by atoms with Crippen LogP contribution in [0.3, 0.4) is 0 Å². The van der Waals surface area contributed by atoms with Crippen molar-refractivity contribution in [1.29, 1.82) is 0 Å². The van der Waals surface area contributed by atoms with E-state index in [2.05, 4.69) is 25.2 Å². The highest BCUT2D eigenvalue weighted by Gasteiger charge is 2.03. The first-order chi connectivity index (χ1) is 8.54. The summed E-state index contributed by atoms with van der Waals surface area (Å²) in [5.41, 5.74) is 0.425. The van der Waals surface area contributed by atoms with E-state index in [1.165, 1.54) is 0 Å². The number of hydrogen-bond donors (Lipinski definition) is 0. The minimum Gasteiger partial charge on any atom is -0.187 e. The third-order valence-corrected chi connectivity index (χ3v) is 2.60. The molecule has 0 saturated carbocycles. The molecule has 1 aromatic carbocycles. The van der Waals surface area contributed by atoms with E-state index in [1.807, 2.05) is 0 Å². The molecule has 0 N–H and O–H groups in total. The van der Waals surface area contributed by atoms with Gasteiger partial charge < -0.3 is 0 Å². The van der Waals surface area contributed by atoms with Gasteiger partial charge in [-0.05, 0) is 41.4 Å². The van der Waals surface area contributed by atoms with Gasteiger partial charge in [0.2, 0.25) is 10.6 Å². The van der Waals surface area contributed by atoms with Gasteiger partial charge in [0.05, 0.1) is 5.02 Å². The van der Waals surface area contributed by atoms with Crippen molar-refractivity contribution >= 4 is 58.0 Å². The number of azo groups is 1. The summed E-state index contributed by atoms with van der Waals surface area (Å²) in [5.74, 6) is -0.00832. The van der Waals surface area contributed by atoms with Crippen molar-refractivity contribution in [2.45, 2.75) is 0 Å². The summed E-state index contributed by atoms with van der Waals surface area (Å²) in [4.78, 5) is 11.0. The summed E-state index contributed by atoms with van der Waals surface area (Å²) in [5, 5.41) is 8.35. The van der Waals surface area contributed by atoms with Crippen molar-refractivity contribution in [2.24, 2.45) is 10.2 Å². The Hall–Kier alpha value is -1.01. The predicted molar refractivity (Wildman–Crippen MR) is 70.5 cm³/mol. The van der Waals surface area contributed by atoms with Crippen LogP contribution in [0, 0.1) is 0 Å². The molecule has 0 bridgehead atoms. The van der Waals surface area contributed by atoms with Gasteiger partial charge in [-0.3, -0.25) is 0 Å². The van der Waals surface area contributed by atoms with Gasteiger partial charge in [0.1, 0.15) is 5.69 Å². The van der Waals surface area contributed by atoms with Crippen molar-refractivity contribution in [1.82, 2.24) is 15.0 Å². The van der Waals surface area contributed by atoms with Crippen LogP contribution in [0.2, 0.25) is 20.6 Å². The number of halogens is 4. The molecular formula is C9H3Cl4N5. The van der Waals surface area contributed by atoms with Gasteiger partial charge in [-0.2, -0.15) is 15.0 Å². The summed E-state index contributed by atoms with van der Waals surface area (Å²) in [6.45, 7) is 0. The summed E-state index contributed by atoms with van der Waals surface area (Å²) >= 11 is 22.9. The molecular weight excluding hydrogens is 320 g/mol. The monoisotopic (exact) mass is 321 g/mol. The van der Waals surface area contributed by atoms with Crippen LogP contribution >= 0.6 is 46.4 Å². The van der Waals surface area contributed by atoms with Crippen molar-refractivity contribution in [3.05, 3.63) is 38.8 Å². The van der Waals surface area contributed by atoms with Gasteiger partial charge in [-0.15, -0.1) is 10.2 Å². The largest absolute Gasteiger partial charge is 0.274 e. The minimum atomic E-state index is -0.0637. The lowest BCUT2D eigenvalue weighted by Gasteiger charge is -1.97. The molecule has 9 heteroatoms. The standard InChI is InChI=1S/C9H3Cl4N5/c10-4-1-2-6(5(11)3-4)17-18-9-15-7(12)14-8(13)16-9/h1-3H. The second-order valence-electron chi connectivity index (χ2n) is 2.97. The van der Waals surface area contributed by atoms with E-state index in [0.717, 1.165) is 0 Å². The Bertz CT molecular complexity index is 596. The summed E-state index contributed by atoms with van der Waals surface area (Å²) < 4.78 is 0. The third kappa shape index (κ3) is 3.49. The molecule has 0 aliphatic rings. The Morgan fingerprint density at radius 2 is 1.50 bits per heavy atom. The Labute approximate surface area is 122 Å². The maximum atomic E-state index is 5.91. The highest BCUT2D eigenvalue weighted by molar-refractivity contribution is 6.36. The molecule has 5 nitrogen and oxygen atoms in total. The smallest absolute Gasteiger partial charge is 0.187 e. The Morgan fingerprint density at radius 3 is 2.11 bits per heavy atom. The zero-order chi connectivity index (χ0) is 13.1. The first-order valence-corrected chi connectivity index (χ1v) is 5.99. The first kappa shape index (κ1) is 13.4. The van der Waals surface area contributed by atoms with E-state index in [-0.39, 0.29) is 16.5 Å². The van der Waals surface area contributed by atoms with Crippen molar-refractivity contribution in [2.75, 3.05) is 0 Å². The zero-order valence-corrected chi connectivity index (χ0v) is 11.5. The van der Waals surface area contributed by atoms with Crippen LogP contribution in [0.25, 0.3) is 0 Å². The lowest BCUT2D eigenvalue weighted by molar-refractivity contribution is 1.00. The average molecular weight is 323 g/mol. The highest BCUT2D eigenvalue weighted by Crippen LogP contribution is 2.29. The fraction of sp³-hybridized carbons (Fsp3) is 0. The summed E-state index contributed by atoms with van der Waals surface area (Å²) in [7, 11) is 0. The van der Waals surface area contributed by atoms with Crippen LogP contribution in [0.1, 0.15) is 0 Å². The second-order valence-corrected chi connectivity index (χ2v) is 4.49. The highest BCUT2D eigenvalue weighted by atomic mass is 35.5. The van der Waals surface area contributed by atoms with E-state index in [1.54, 1.807) is 18.2 Å². The SMILES string of the molecule is Clc1ccc(N=Nc2nc(Cl)nc(Cl)n2)c(Cl)c1. The molecule has 92 valence electrons. The van der Waals surface area contributed by atoms with E-state index in [9.17, 15) is 0 Å². The van der Waals surface area contributed by atoms with Crippen molar-refractivity contribution in [3.8, 4) is 0 Å². The zero-order valence-electron chi connectivity index (χ0n) is 8.48. The number of benzene rings is 1. The summed E-state index contributed by atoms with van der Waals surface area (Å²) in [6.07, 6.45) is 0. The second kappa shape index (κ2) is 5.75. The first-order valence-electron chi connectivity index (χ1n) is 4.48. The van der Waals surface area contributed by atoms with Gasteiger partial charge in [0.15, 0.2) is 0 Å². The van der Waals surface area contributed by atoms with Gasteiger partial charge in [0.25, 0.3) is 5.95 Å². The van der Waals surface area contributed by atoms with Gasteiger partial charge in [-0.25, -0.2) is 0 Å².